The minimum atomic E-state index is -4.53. The number of ether oxygens (including phenoxy) is 1. The number of rotatable bonds is 7. The van der Waals surface area contributed by atoms with Crippen LogP contribution in [0.15, 0.2) is 24.3 Å². The van der Waals surface area contributed by atoms with Crippen LogP contribution in [0.2, 0.25) is 0 Å². The number of hydrogen-bond donors (Lipinski definition) is 1. The molecule has 1 aliphatic carbocycles. The summed E-state index contributed by atoms with van der Waals surface area (Å²) in [6.07, 6.45) is -1.33. The summed E-state index contributed by atoms with van der Waals surface area (Å²) < 4.78 is 44.4. The molecular formula is C24H34F3N3O3. The normalized spacial score (nSPS) is 26.3. The lowest BCUT2D eigenvalue weighted by Gasteiger charge is -2.44. The molecule has 4 atom stereocenters. The second-order valence-corrected chi connectivity index (χ2v) is 9.43. The van der Waals surface area contributed by atoms with Crippen LogP contribution in [0.25, 0.3) is 0 Å². The fraction of sp³-hybridized carbons (Fsp3) is 0.667. The Morgan fingerprint density at radius 3 is 2.64 bits per heavy atom. The highest BCUT2D eigenvalue weighted by molar-refractivity contribution is 5.98. The van der Waals surface area contributed by atoms with E-state index < -0.39 is 23.7 Å². The zero-order valence-corrected chi connectivity index (χ0v) is 19.7. The van der Waals surface area contributed by atoms with Crippen LogP contribution in [0.3, 0.4) is 0 Å². The van der Waals surface area contributed by atoms with E-state index in [2.05, 4.69) is 31.1 Å². The quantitative estimate of drug-likeness (QED) is 0.664. The molecule has 1 aromatic rings. The number of hydrogen-bond acceptors (Lipinski definition) is 4. The Labute approximate surface area is 193 Å². The highest BCUT2D eigenvalue weighted by Gasteiger charge is 2.43. The van der Waals surface area contributed by atoms with Gasteiger partial charge >= 0.3 is 6.18 Å². The molecule has 6 nitrogen and oxygen atoms in total. The van der Waals surface area contributed by atoms with Gasteiger partial charge in [-0.15, -0.1) is 0 Å². The van der Waals surface area contributed by atoms with E-state index in [1.54, 1.807) is 7.11 Å². The van der Waals surface area contributed by atoms with Crippen LogP contribution in [0.5, 0.6) is 0 Å². The summed E-state index contributed by atoms with van der Waals surface area (Å²) in [4.78, 5) is 29.9. The summed E-state index contributed by atoms with van der Waals surface area (Å²) in [7, 11) is 3.79. The van der Waals surface area contributed by atoms with Crippen LogP contribution in [-0.4, -0.2) is 73.1 Å². The van der Waals surface area contributed by atoms with Crippen molar-refractivity contribution < 1.29 is 27.5 Å². The second-order valence-electron chi connectivity index (χ2n) is 9.43. The van der Waals surface area contributed by atoms with Crippen LogP contribution in [-0.2, 0) is 15.7 Å². The van der Waals surface area contributed by atoms with Crippen molar-refractivity contribution in [2.75, 3.05) is 27.3 Å². The van der Waals surface area contributed by atoms with Crippen molar-refractivity contribution >= 4 is 11.8 Å². The number of likely N-dealkylation sites (tertiary alicyclic amines) is 1. The average molecular weight is 470 g/mol. The van der Waals surface area contributed by atoms with E-state index in [1.807, 2.05) is 4.90 Å². The van der Waals surface area contributed by atoms with E-state index in [1.165, 1.54) is 12.1 Å². The molecule has 0 unspecified atom stereocenters. The Morgan fingerprint density at radius 2 is 2.00 bits per heavy atom. The second kappa shape index (κ2) is 10.4. The zero-order valence-electron chi connectivity index (χ0n) is 19.7. The summed E-state index contributed by atoms with van der Waals surface area (Å²) in [6, 6.07) is 4.41. The van der Waals surface area contributed by atoms with Crippen LogP contribution in [0, 0.1) is 5.92 Å². The molecule has 1 heterocycles. The maximum Gasteiger partial charge on any atom is 0.416 e. The molecule has 9 heteroatoms. The molecule has 33 heavy (non-hydrogen) atoms. The molecular weight excluding hydrogens is 435 g/mol. The molecule has 2 fully saturated rings. The van der Waals surface area contributed by atoms with Gasteiger partial charge in [-0.2, -0.15) is 13.2 Å². The lowest BCUT2D eigenvalue weighted by Crippen LogP contribution is -2.52. The first kappa shape index (κ1) is 25.5. The standard InChI is InChI=1S/C24H34F3N3O3/c1-15(2)29(3)19-8-9-21(17(13-19)14-33-4)30-11-10-20(23(30)32)28-22(31)16-6-5-7-18(12-16)24(25,26)27/h5-7,12,15,17,19-21H,8-11,13-14H2,1-4H3,(H,28,31)/t17-,19-,20+,21+/m1/s1. The summed E-state index contributed by atoms with van der Waals surface area (Å²) in [5, 5.41) is 2.64. The number of amides is 2. The van der Waals surface area contributed by atoms with Crippen LogP contribution in [0.4, 0.5) is 13.2 Å². The van der Waals surface area contributed by atoms with Gasteiger partial charge in [0.25, 0.3) is 5.91 Å². The number of carbonyl (C=O) groups excluding carboxylic acids is 2. The smallest absolute Gasteiger partial charge is 0.384 e. The molecule has 184 valence electrons. The third kappa shape index (κ3) is 5.87. The maximum absolute atomic E-state index is 13.2. The molecule has 0 bridgehead atoms. The Bertz CT molecular complexity index is 846. The third-order valence-electron chi connectivity index (χ3n) is 7.08. The zero-order chi connectivity index (χ0) is 24.3. The topological polar surface area (TPSA) is 61.9 Å². The SMILES string of the molecule is COC[C@H]1C[C@H](N(C)C(C)C)CC[C@@H]1N1CC[C@H](NC(=O)c2cccc(C(F)(F)F)c2)C1=O. The van der Waals surface area contributed by atoms with E-state index in [0.717, 1.165) is 31.4 Å². The van der Waals surface area contributed by atoms with Gasteiger partial charge in [0.05, 0.1) is 12.2 Å². The lowest BCUT2D eigenvalue weighted by atomic mass is 9.80. The van der Waals surface area contributed by atoms with Crippen molar-refractivity contribution in [3.63, 3.8) is 0 Å². The number of benzene rings is 1. The van der Waals surface area contributed by atoms with Crippen LogP contribution < -0.4 is 5.32 Å². The monoisotopic (exact) mass is 469 g/mol. The molecule has 3 rings (SSSR count). The van der Waals surface area contributed by atoms with Crippen LogP contribution >= 0.6 is 0 Å². The number of nitrogens with zero attached hydrogens (tertiary/aromatic N) is 2. The number of nitrogens with one attached hydrogen (secondary N) is 1. The van der Waals surface area contributed by atoms with Crippen molar-refractivity contribution in [2.24, 2.45) is 5.92 Å². The summed E-state index contributed by atoms with van der Waals surface area (Å²) >= 11 is 0. The van der Waals surface area contributed by atoms with Crippen molar-refractivity contribution in [3.8, 4) is 0 Å². The van der Waals surface area contributed by atoms with E-state index in [0.29, 0.717) is 31.7 Å². The van der Waals surface area contributed by atoms with Crippen molar-refractivity contribution in [2.45, 2.75) is 69.9 Å². The number of carbonyl (C=O) groups is 2. The van der Waals surface area contributed by atoms with Gasteiger partial charge in [0, 0.05) is 43.3 Å². The first-order valence-corrected chi connectivity index (χ1v) is 11.5. The van der Waals surface area contributed by atoms with Gasteiger partial charge in [0.15, 0.2) is 0 Å². The van der Waals surface area contributed by atoms with Gasteiger partial charge in [0.1, 0.15) is 6.04 Å². The highest BCUT2D eigenvalue weighted by atomic mass is 19.4. The Balaban J connectivity index is 1.66. The van der Waals surface area contributed by atoms with Gasteiger partial charge in [-0.05, 0) is 64.8 Å². The molecule has 2 amide bonds. The van der Waals surface area contributed by atoms with Gasteiger partial charge in [-0.25, -0.2) is 0 Å². The predicted octanol–water partition coefficient (Wildman–Crippen LogP) is 3.56. The van der Waals surface area contributed by atoms with Crippen molar-refractivity contribution in [1.29, 1.82) is 0 Å². The van der Waals surface area contributed by atoms with Gasteiger partial charge in [-0.3, -0.25) is 9.59 Å². The lowest BCUT2D eigenvalue weighted by molar-refractivity contribution is -0.137. The van der Waals surface area contributed by atoms with Gasteiger partial charge < -0.3 is 19.9 Å². The maximum atomic E-state index is 13.2. The molecule has 0 radical (unpaired) electrons. The summed E-state index contributed by atoms with van der Waals surface area (Å²) in [5.74, 6) is -0.647. The Morgan fingerprint density at radius 1 is 1.27 bits per heavy atom. The molecule has 1 N–H and O–H groups in total. The number of halogens is 3. The predicted molar refractivity (Wildman–Crippen MR) is 119 cm³/mol. The van der Waals surface area contributed by atoms with Crippen molar-refractivity contribution in [1.82, 2.24) is 15.1 Å². The van der Waals surface area contributed by atoms with E-state index in [9.17, 15) is 22.8 Å². The highest BCUT2D eigenvalue weighted by Crippen LogP contribution is 2.34. The first-order chi connectivity index (χ1) is 15.5. The Hall–Kier alpha value is -2.13. The largest absolute Gasteiger partial charge is 0.416 e. The molecule has 1 saturated carbocycles. The minimum Gasteiger partial charge on any atom is -0.384 e. The average Bonchev–Trinajstić information content (AvgIpc) is 3.12. The van der Waals surface area contributed by atoms with Crippen molar-refractivity contribution in [3.05, 3.63) is 35.4 Å². The Kier molecular flexibility index (Phi) is 8.05. The molecule has 2 aliphatic rings. The third-order valence-corrected chi connectivity index (χ3v) is 7.08. The molecule has 1 saturated heterocycles. The molecule has 0 aromatic heterocycles. The van der Waals surface area contributed by atoms with Gasteiger partial charge in [-0.1, -0.05) is 6.07 Å². The molecule has 1 aromatic carbocycles. The fourth-order valence-electron chi connectivity index (χ4n) is 5.06. The summed E-state index contributed by atoms with van der Waals surface area (Å²) in [6.45, 7) is 5.40. The van der Waals surface area contributed by atoms with Crippen LogP contribution in [0.1, 0.15) is 55.5 Å². The number of alkyl halides is 3. The van der Waals surface area contributed by atoms with Gasteiger partial charge in [0.2, 0.25) is 5.91 Å². The fourth-order valence-corrected chi connectivity index (χ4v) is 5.06. The summed E-state index contributed by atoms with van der Waals surface area (Å²) in [5.41, 5.74) is -0.995. The minimum absolute atomic E-state index is 0.0321. The van der Waals surface area contributed by atoms with E-state index in [-0.39, 0.29) is 23.4 Å². The first-order valence-electron chi connectivity index (χ1n) is 11.5. The van der Waals surface area contributed by atoms with E-state index >= 15 is 0 Å². The van der Waals surface area contributed by atoms with E-state index in [4.69, 9.17) is 4.74 Å². The molecule has 1 aliphatic heterocycles. The molecule has 0 spiro atoms. The number of methoxy groups -OCH3 is 1.